The molecule has 122 valence electrons. The molecule has 0 N–H and O–H groups in total. The van der Waals surface area contributed by atoms with Crippen LogP contribution in [0.25, 0.3) is 10.7 Å². The van der Waals surface area contributed by atoms with Crippen molar-refractivity contribution in [1.82, 2.24) is 19.9 Å². The molecule has 2 aromatic rings. The number of aromatic nitrogens is 3. The highest BCUT2D eigenvalue weighted by Gasteiger charge is 2.29. The van der Waals surface area contributed by atoms with Gasteiger partial charge in [-0.15, -0.1) is 11.3 Å². The van der Waals surface area contributed by atoms with Gasteiger partial charge in [0.15, 0.2) is 0 Å². The molecule has 7 heteroatoms. The molecule has 0 aliphatic carbocycles. The summed E-state index contributed by atoms with van der Waals surface area (Å²) in [6, 6.07) is 1.96. The van der Waals surface area contributed by atoms with E-state index in [1.54, 1.807) is 24.6 Å². The highest BCUT2D eigenvalue weighted by molar-refractivity contribution is 7.13. The summed E-state index contributed by atoms with van der Waals surface area (Å²) in [7, 11) is 1.55. The van der Waals surface area contributed by atoms with Crippen LogP contribution in [-0.4, -0.2) is 46.0 Å². The predicted molar refractivity (Wildman–Crippen MR) is 88.1 cm³/mol. The van der Waals surface area contributed by atoms with E-state index in [-0.39, 0.29) is 18.6 Å². The second kappa shape index (κ2) is 7.14. The van der Waals surface area contributed by atoms with Gasteiger partial charge in [-0.1, -0.05) is 0 Å². The zero-order valence-electron chi connectivity index (χ0n) is 13.4. The molecule has 0 spiro atoms. The first-order chi connectivity index (χ1) is 11.2. The Morgan fingerprint density at radius 1 is 1.43 bits per heavy atom. The number of ether oxygens (including phenoxy) is 1. The molecular formula is C16H20N4O2S. The number of likely N-dealkylation sites (tertiary alicyclic amines) is 1. The van der Waals surface area contributed by atoms with Gasteiger partial charge in [0.05, 0.1) is 11.7 Å². The summed E-state index contributed by atoms with van der Waals surface area (Å²) in [6.45, 7) is 2.74. The molecule has 0 aromatic carbocycles. The lowest BCUT2D eigenvalue weighted by atomic mass is 9.98. The number of nitrogens with zero attached hydrogens (tertiary/aromatic N) is 4. The van der Waals surface area contributed by atoms with Gasteiger partial charge in [0.1, 0.15) is 23.1 Å². The smallest absolute Gasteiger partial charge is 0.249 e. The number of aryl methyl sites for hydroxylation is 1. The lowest BCUT2D eigenvalue weighted by Crippen LogP contribution is -2.40. The predicted octanol–water partition coefficient (Wildman–Crippen LogP) is 2.61. The van der Waals surface area contributed by atoms with Crippen LogP contribution in [0.1, 0.15) is 36.8 Å². The van der Waals surface area contributed by atoms with Crippen molar-refractivity contribution in [1.29, 1.82) is 0 Å². The number of methoxy groups -OCH3 is 1. The SMILES string of the molecule is COCC(=O)N1CCCC[C@@H]1c1cc(-c2nccs2)nc(C)n1. The minimum atomic E-state index is -0.00758. The Bertz CT molecular complexity index is 675. The largest absolute Gasteiger partial charge is 0.375 e. The minimum absolute atomic E-state index is 0.00758. The first-order valence-corrected chi connectivity index (χ1v) is 8.61. The van der Waals surface area contributed by atoms with Gasteiger partial charge in [-0.05, 0) is 32.3 Å². The second-order valence-corrected chi connectivity index (χ2v) is 6.49. The van der Waals surface area contributed by atoms with E-state index < -0.39 is 0 Å². The molecule has 23 heavy (non-hydrogen) atoms. The van der Waals surface area contributed by atoms with E-state index in [1.165, 1.54) is 0 Å². The number of piperidine rings is 1. The summed E-state index contributed by atoms with van der Waals surface area (Å²) in [6.07, 6.45) is 4.81. The van der Waals surface area contributed by atoms with Crippen LogP contribution in [0.3, 0.4) is 0 Å². The maximum atomic E-state index is 12.3. The molecule has 1 aliphatic rings. The fourth-order valence-electron chi connectivity index (χ4n) is 2.96. The van der Waals surface area contributed by atoms with Crippen molar-refractivity contribution < 1.29 is 9.53 Å². The van der Waals surface area contributed by atoms with E-state index >= 15 is 0 Å². The van der Waals surface area contributed by atoms with E-state index in [1.807, 2.05) is 23.3 Å². The fraction of sp³-hybridized carbons (Fsp3) is 0.500. The number of rotatable bonds is 4. The summed E-state index contributed by atoms with van der Waals surface area (Å²) >= 11 is 1.55. The molecule has 3 rings (SSSR count). The number of carbonyl (C=O) groups is 1. The number of amides is 1. The molecule has 0 saturated carbocycles. The standard InChI is InChI=1S/C16H20N4O2S/c1-11-18-12(9-13(19-11)16-17-6-8-23-16)14-5-3-4-7-20(14)15(21)10-22-2/h6,8-9,14H,3-5,7,10H2,1-2H3/t14-/m1/s1. The van der Waals surface area contributed by atoms with Gasteiger partial charge in [-0.3, -0.25) is 4.79 Å². The van der Waals surface area contributed by atoms with Gasteiger partial charge < -0.3 is 9.64 Å². The van der Waals surface area contributed by atoms with Crippen LogP contribution in [0.2, 0.25) is 0 Å². The van der Waals surface area contributed by atoms with Crippen LogP contribution >= 0.6 is 11.3 Å². The van der Waals surface area contributed by atoms with Crippen molar-refractivity contribution >= 4 is 17.2 Å². The molecule has 0 radical (unpaired) electrons. The highest BCUT2D eigenvalue weighted by atomic mass is 32.1. The molecular weight excluding hydrogens is 312 g/mol. The number of carbonyl (C=O) groups excluding carboxylic acids is 1. The van der Waals surface area contributed by atoms with Crippen LogP contribution in [-0.2, 0) is 9.53 Å². The molecule has 3 heterocycles. The Balaban J connectivity index is 1.93. The van der Waals surface area contributed by atoms with Crippen molar-refractivity contribution in [2.75, 3.05) is 20.3 Å². The highest BCUT2D eigenvalue weighted by Crippen LogP contribution is 2.32. The maximum Gasteiger partial charge on any atom is 0.249 e. The normalized spacial score (nSPS) is 18.2. The number of hydrogen-bond acceptors (Lipinski definition) is 6. The third kappa shape index (κ3) is 3.56. The lowest BCUT2D eigenvalue weighted by Gasteiger charge is -2.35. The molecule has 1 amide bonds. The van der Waals surface area contributed by atoms with E-state index in [9.17, 15) is 4.79 Å². The summed E-state index contributed by atoms with van der Waals surface area (Å²) in [5, 5.41) is 2.81. The van der Waals surface area contributed by atoms with Gasteiger partial charge >= 0.3 is 0 Å². The molecule has 1 saturated heterocycles. The third-order valence-corrected chi connectivity index (χ3v) is 4.74. The molecule has 0 bridgehead atoms. The van der Waals surface area contributed by atoms with Gasteiger partial charge in [0.25, 0.3) is 0 Å². The number of thiazole rings is 1. The average Bonchev–Trinajstić information content (AvgIpc) is 3.09. The minimum Gasteiger partial charge on any atom is -0.375 e. The summed E-state index contributed by atoms with van der Waals surface area (Å²) in [4.78, 5) is 27.6. The van der Waals surface area contributed by atoms with E-state index in [0.717, 1.165) is 42.2 Å². The quantitative estimate of drug-likeness (QED) is 0.861. The monoisotopic (exact) mass is 332 g/mol. The Morgan fingerprint density at radius 2 is 2.30 bits per heavy atom. The zero-order chi connectivity index (χ0) is 16.2. The molecule has 0 unspecified atom stereocenters. The Kier molecular flexibility index (Phi) is 4.97. The van der Waals surface area contributed by atoms with E-state index in [0.29, 0.717) is 5.82 Å². The maximum absolute atomic E-state index is 12.3. The molecule has 1 atom stereocenters. The second-order valence-electron chi connectivity index (χ2n) is 5.59. The summed E-state index contributed by atoms with van der Waals surface area (Å²) < 4.78 is 5.02. The van der Waals surface area contributed by atoms with Crippen LogP contribution < -0.4 is 0 Å². The van der Waals surface area contributed by atoms with Gasteiger partial charge in [-0.2, -0.15) is 0 Å². The molecule has 1 aliphatic heterocycles. The Labute approximate surface area is 139 Å². The van der Waals surface area contributed by atoms with Gasteiger partial charge in [0.2, 0.25) is 5.91 Å². The average molecular weight is 332 g/mol. The van der Waals surface area contributed by atoms with E-state index in [4.69, 9.17) is 4.74 Å². The van der Waals surface area contributed by atoms with Gasteiger partial charge in [0, 0.05) is 25.2 Å². The first kappa shape index (κ1) is 16.0. The van der Waals surface area contributed by atoms with Crippen LogP contribution in [0.5, 0.6) is 0 Å². The topological polar surface area (TPSA) is 68.2 Å². The Morgan fingerprint density at radius 3 is 3.04 bits per heavy atom. The third-order valence-electron chi connectivity index (χ3n) is 3.94. The van der Waals surface area contributed by atoms with Crippen molar-refractivity contribution in [2.45, 2.75) is 32.2 Å². The molecule has 2 aromatic heterocycles. The van der Waals surface area contributed by atoms with Crippen LogP contribution in [0.15, 0.2) is 17.6 Å². The van der Waals surface area contributed by atoms with Crippen molar-refractivity contribution in [3.8, 4) is 10.7 Å². The molecule has 1 fully saturated rings. The van der Waals surface area contributed by atoms with Crippen molar-refractivity contribution in [3.05, 3.63) is 29.2 Å². The summed E-state index contributed by atoms with van der Waals surface area (Å²) in [5.74, 6) is 0.724. The fourth-order valence-corrected chi connectivity index (χ4v) is 3.56. The molecule has 6 nitrogen and oxygen atoms in total. The van der Waals surface area contributed by atoms with Crippen LogP contribution in [0.4, 0.5) is 0 Å². The lowest BCUT2D eigenvalue weighted by molar-refractivity contribution is -0.139. The Hall–Kier alpha value is -1.86. The van der Waals surface area contributed by atoms with Gasteiger partial charge in [-0.25, -0.2) is 15.0 Å². The van der Waals surface area contributed by atoms with Crippen molar-refractivity contribution in [3.63, 3.8) is 0 Å². The van der Waals surface area contributed by atoms with Crippen LogP contribution in [0, 0.1) is 6.92 Å². The van der Waals surface area contributed by atoms with E-state index in [2.05, 4.69) is 15.0 Å². The zero-order valence-corrected chi connectivity index (χ0v) is 14.2. The summed E-state index contributed by atoms with van der Waals surface area (Å²) in [5.41, 5.74) is 1.72. The number of hydrogen-bond donors (Lipinski definition) is 0. The van der Waals surface area contributed by atoms with Crippen molar-refractivity contribution in [2.24, 2.45) is 0 Å². The first-order valence-electron chi connectivity index (χ1n) is 7.73.